The van der Waals surface area contributed by atoms with E-state index >= 15 is 0 Å². The highest BCUT2D eigenvalue weighted by atomic mass is 15.2. The van der Waals surface area contributed by atoms with Crippen LogP contribution in [0.2, 0.25) is 0 Å². The van der Waals surface area contributed by atoms with Crippen molar-refractivity contribution >= 4 is 5.82 Å². The average molecular weight is 287 g/mol. The SMILES string of the molecule is CCc1nnc(NC2CCCN(CC)C2)c(C#N)c1CC. The van der Waals surface area contributed by atoms with E-state index in [4.69, 9.17) is 0 Å². The first kappa shape index (κ1) is 15.7. The van der Waals surface area contributed by atoms with Gasteiger partial charge in [0.05, 0.1) is 5.69 Å². The molecule has 2 heterocycles. The first-order chi connectivity index (χ1) is 10.2. The first-order valence-corrected chi connectivity index (χ1v) is 8.00. The number of aromatic nitrogens is 2. The molecule has 1 aliphatic heterocycles. The number of nitriles is 1. The van der Waals surface area contributed by atoms with Crippen LogP contribution >= 0.6 is 0 Å². The molecule has 0 saturated carbocycles. The van der Waals surface area contributed by atoms with Crippen LogP contribution in [0.5, 0.6) is 0 Å². The predicted octanol–water partition coefficient (Wildman–Crippen LogP) is 2.37. The van der Waals surface area contributed by atoms with Crippen molar-refractivity contribution in [1.82, 2.24) is 15.1 Å². The fourth-order valence-electron chi connectivity index (χ4n) is 3.05. The summed E-state index contributed by atoms with van der Waals surface area (Å²) in [6.07, 6.45) is 3.95. The molecule has 1 saturated heterocycles. The van der Waals surface area contributed by atoms with E-state index in [1.807, 2.05) is 0 Å². The molecule has 1 fully saturated rings. The molecule has 114 valence electrons. The van der Waals surface area contributed by atoms with Gasteiger partial charge in [0, 0.05) is 12.6 Å². The van der Waals surface area contributed by atoms with Crippen molar-refractivity contribution in [3.8, 4) is 6.07 Å². The maximum absolute atomic E-state index is 9.51. The zero-order chi connectivity index (χ0) is 15.2. The Hall–Kier alpha value is -1.67. The lowest BCUT2D eigenvalue weighted by molar-refractivity contribution is 0.226. The zero-order valence-corrected chi connectivity index (χ0v) is 13.3. The quantitative estimate of drug-likeness (QED) is 0.900. The molecule has 1 aliphatic rings. The monoisotopic (exact) mass is 287 g/mol. The van der Waals surface area contributed by atoms with Gasteiger partial charge in [-0.15, -0.1) is 5.10 Å². The maximum Gasteiger partial charge on any atom is 0.167 e. The number of rotatable bonds is 5. The van der Waals surface area contributed by atoms with Crippen molar-refractivity contribution in [3.05, 3.63) is 16.8 Å². The number of nitrogens with one attached hydrogen (secondary N) is 1. The molecule has 0 aliphatic carbocycles. The lowest BCUT2D eigenvalue weighted by atomic mass is 10.0. The van der Waals surface area contributed by atoms with E-state index in [2.05, 4.69) is 47.3 Å². The zero-order valence-electron chi connectivity index (χ0n) is 13.3. The van der Waals surface area contributed by atoms with Gasteiger partial charge in [0.1, 0.15) is 11.6 Å². The molecule has 5 heteroatoms. The number of piperidine rings is 1. The Kier molecular flexibility index (Phi) is 5.51. The standard InChI is InChI=1S/C16H25N5/c1-4-13-14(10-17)16(20-19-15(13)5-2)18-12-8-7-9-21(6-3)11-12/h12H,4-9,11H2,1-3H3,(H,18,20). The van der Waals surface area contributed by atoms with Gasteiger partial charge < -0.3 is 10.2 Å². The van der Waals surface area contributed by atoms with Gasteiger partial charge in [-0.3, -0.25) is 0 Å². The van der Waals surface area contributed by atoms with Crippen molar-refractivity contribution in [2.24, 2.45) is 0 Å². The molecule has 2 rings (SSSR count). The van der Waals surface area contributed by atoms with Crippen LogP contribution in [0.15, 0.2) is 0 Å². The minimum atomic E-state index is 0.359. The van der Waals surface area contributed by atoms with Crippen molar-refractivity contribution < 1.29 is 0 Å². The van der Waals surface area contributed by atoms with Gasteiger partial charge in [-0.1, -0.05) is 20.8 Å². The summed E-state index contributed by atoms with van der Waals surface area (Å²) in [6, 6.07) is 2.68. The van der Waals surface area contributed by atoms with Crippen molar-refractivity contribution in [2.75, 3.05) is 25.0 Å². The Balaban J connectivity index is 2.22. The molecular formula is C16H25N5. The van der Waals surface area contributed by atoms with Crippen LogP contribution in [0.3, 0.4) is 0 Å². The fraction of sp³-hybridized carbons (Fsp3) is 0.688. The summed E-state index contributed by atoms with van der Waals surface area (Å²) < 4.78 is 0. The molecule has 5 nitrogen and oxygen atoms in total. The molecule has 1 aromatic rings. The van der Waals surface area contributed by atoms with E-state index in [9.17, 15) is 5.26 Å². The summed E-state index contributed by atoms with van der Waals surface area (Å²) in [5, 5.41) is 21.5. The Morgan fingerprint density at radius 2 is 2.10 bits per heavy atom. The minimum Gasteiger partial charge on any atom is -0.363 e. The molecule has 0 amide bonds. The summed E-state index contributed by atoms with van der Waals surface area (Å²) in [7, 11) is 0. The second kappa shape index (κ2) is 7.37. The molecule has 0 spiro atoms. The summed E-state index contributed by atoms with van der Waals surface area (Å²) >= 11 is 0. The third-order valence-corrected chi connectivity index (χ3v) is 4.25. The second-order valence-corrected chi connectivity index (χ2v) is 5.54. The molecule has 1 aromatic heterocycles. The van der Waals surface area contributed by atoms with Gasteiger partial charge in [-0.05, 0) is 44.3 Å². The average Bonchev–Trinajstić information content (AvgIpc) is 2.54. The number of aryl methyl sites for hydroxylation is 1. The van der Waals surface area contributed by atoms with E-state index in [0.717, 1.165) is 43.6 Å². The Labute approximate surface area is 127 Å². The number of likely N-dealkylation sites (N-methyl/N-ethyl adjacent to an activating group) is 1. The molecule has 1 N–H and O–H groups in total. The van der Waals surface area contributed by atoms with Crippen LogP contribution in [0.4, 0.5) is 5.82 Å². The Morgan fingerprint density at radius 1 is 1.29 bits per heavy atom. The van der Waals surface area contributed by atoms with Crippen LogP contribution in [0, 0.1) is 11.3 Å². The summed E-state index contributed by atoms with van der Waals surface area (Å²) in [5.74, 6) is 0.662. The smallest absolute Gasteiger partial charge is 0.167 e. The molecular weight excluding hydrogens is 262 g/mol. The highest BCUT2D eigenvalue weighted by molar-refractivity contribution is 5.57. The Morgan fingerprint density at radius 3 is 2.71 bits per heavy atom. The van der Waals surface area contributed by atoms with Crippen LogP contribution in [0.1, 0.15) is 50.4 Å². The highest BCUT2D eigenvalue weighted by Crippen LogP contribution is 2.22. The van der Waals surface area contributed by atoms with Crippen molar-refractivity contribution in [3.63, 3.8) is 0 Å². The van der Waals surface area contributed by atoms with Crippen LogP contribution in [-0.4, -0.2) is 40.8 Å². The van der Waals surface area contributed by atoms with E-state index < -0.39 is 0 Å². The van der Waals surface area contributed by atoms with Crippen molar-refractivity contribution in [2.45, 2.75) is 52.5 Å². The molecule has 1 atom stereocenters. The number of hydrogen-bond acceptors (Lipinski definition) is 5. The highest BCUT2D eigenvalue weighted by Gasteiger charge is 2.21. The molecule has 21 heavy (non-hydrogen) atoms. The van der Waals surface area contributed by atoms with Gasteiger partial charge in [-0.25, -0.2) is 0 Å². The van der Waals surface area contributed by atoms with Gasteiger partial charge >= 0.3 is 0 Å². The van der Waals surface area contributed by atoms with E-state index in [1.165, 1.54) is 13.0 Å². The molecule has 0 radical (unpaired) electrons. The van der Waals surface area contributed by atoms with Gasteiger partial charge in [-0.2, -0.15) is 10.4 Å². The maximum atomic E-state index is 9.51. The largest absolute Gasteiger partial charge is 0.363 e. The van der Waals surface area contributed by atoms with E-state index in [1.54, 1.807) is 0 Å². The first-order valence-electron chi connectivity index (χ1n) is 8.00. The van der Waals surface area contributed by atoms with Gasteiger partial charge in [0.15, 0.2) is 5.82 Å². The topological polar surface area (TPSA) is 64.8 Å². The van der Waals surface area contributed by atoms with Crippen LogP contribution in [-0.2, 0) is 12.8 Å². The predicted molar refractivity (Wildman–Crippen MR) is 84.3 cm³/mol. The lowest BCUT2D eigenvalue weighted by Gasteiger charge is -2.32. The summed E-state index contributed by atoms with van der Waals surface area (Å²) in [5.41, 5.74) is 2.66. The Bertz CT molecular complexity index is 520. The molecule has 0 bridgehead atoms. The molecule has 0 aromatic carbocycles. The molecule has 1 unspecified atom stereocenters. The van der Waals surface area contributed by atoms with Crippen LogP contribution < -0.4 is 5.32 Å². The number of likely N-dealkylation sites (tertiary alicyclic amines) is 1. The van der Waals surface area contributed by atoms with E-state index in [-0.39, 0.29) is 0 Å². The minimum absolute atomic E-state index is 0.359. The third-order valence-electron chi connectivity index (χ3n) is 4.25. The number of nitrogens with zero attached hydrogens (tertiary/aromatic N) is 4. The third kappa shape index (κ3) is 3.51. The van der Waals surface area contributed by atoms with Crippen LogP contribution in [0.25, 0.3) is 0 Å². The van der Waals surface area contributed by atoms with Gasteiger partial charge in [0.2, 0.25) is 0 Å². The second-order valence-electron chi connectivity index (χ2n) is 5.54. The lowest BCUT2D eigenvalue weighted by Crippen LogP contribution is -2.42. The normalized spacial score (nSPS) is 19.2. The number of anilines is 1. The van der Waals surface area contributed by atoms with E-state index in [0.29, 0.717) is 17.4 Å². The summed E-state index contributed by atoms with van der Waals surface area (Å²) in [6.45, 7) is 9.57. The van der Waals surface area contributed by atoms with Crippen molar-refractivity contribution in [1.29, 1.82) is 5.26 Å². The summed E-state index contributed by atoms with van der Waals surface area (Å²) in [4.78, 5) is 2.43. The fourth-order valence-corrected chi connectivity index (χ4v) is 3.05. The van der Waals surface area contributed by atoms with Gasteiger partial charge in [0.25, 0.3) is 0 Å². The number of hydrogen-bond donors (Lipinski definition) is 1.